The molecule has 1 aromatic carbocycles. The van der Waals surface area contributed by atoms with Gasteiger partial charge in [0.2, 0.25) is 0 Å². The van der Waals surface area contributed by atoms with Crippen LogP contribution in [0.5, 0.6) is 0 Å². The van der Waals surface area contributed by atoms with Gasteiger partial charge in [-0.3, -0.25) is 0 Å². The number of aryl methyl sites for hydroxylation is 1. The molecule has 2 aromatic rings. The number of nitrogens with one attached hydrogen (secondary N) is 1. The second-order valence-electron chi connectivity index (χ2n) is 4.42. The first kappa shape index (κ1) is 14.7. The van der Waals surface area contributed by atoms with E-state index < -0.39 is 17.8 Å². The lowest BCUT2D eigenvalue weighted by Crippen LogP contribution is -2.16. The third-order valence-electron chi connectivity index (χ3n) is 2.93. The van der Waals surface area contributed by atoms with Crippen LogP contribution in [0.15, 0.2) is 30.6 Å². The third kappa shape index (κ3) is 2.90. The summed E-state index contributed by atoms with van der Waals surface area (Å²) in [6.07, 6.45) is -1.15. The van der Waals surface area contributed by atoms with Crippen LogP contribution in [0, 0.1) is 0 Å². The first-order valence-corrected chi connectivity index (χ1v) is 6.28. The molecule has 0 saturated carbocycles. The van der Waals surface area contributed by atoms with Gasteiger partial charge in [-0.05, 0) is 19.1 Å². The Morgan fingerprint density at radius 2 is 2.05 bits per heavy atom. The van der Waals surface area contributed by atoms with Crippen LogP contribution in [-0.4, -0.2) is 9.55 Å². The number of halogens is 4. The number of para-hydroxylation sites is 1. The number of hydrogen-bond donors (Lipinski definition) is 1. The van der Waals surface area contributed by atoms with E-state index in [1.807, 2.05) is 0 Å². The van der Waals surface area contributed by atoms with E-state index in [0.29, 0.717) is 5.82 Å². The molecule has 20 heavy (non-hydrogen) atoms. The molecule has 0 amide bonds. The van der Waals surface area contributed by atoms with E-state index in [0.717, 1.165) is 6.07 Å². The van der Waals surface area contributed by atoms with Crippen LogP contribution >= 0.6 is 11.6 Å². The maximum Gasteiger partial charge on any atom is 0.418 e. The van der Waals surface area contributed by atoms with E-state index in [2.05, 4.69) is 10.3 Å². The van der Waals surface area contributed by atoms with Crippen molar-refractivity contribution < 1.29 is 13.2 Å². The molecule has 108 valence electrons. The lowest BCUT2D eigenvalue weighted by molar-refractivity contribution is -0.137. The van der Waals surface area contributed by atoms with Gasteiger partial charge in [0.25, 0.3) is 0 Å². The summed E-state index contributed by atoms with van der Waals surface area (Å²) >= 11 is 5.89. The number of nitrogens with zero attached hydrogens (tertiary/aromatic N) is 2. The van der Waals surface area contributed by atoms with E-state index in [-0.39, 0.29) is 10.7 Å². The quantitative estimate of drug-likeness (QED) is 0.918. The summed E-state index contributed by atoms with van der Waals surface area (Å²) < 4.78 is 40.7. The van der Waals surface area contributed by atoms with Crippen molar-refractivity contribution in [2.75, 3.05) is 5.32 Å². The SMILES string of the molecule is CC(Nc1c(Cl)cccc1C(F)(F)F)c1nccn1C. The second kappa shape index (κ2) is 5.36. The standard InChI is InChI=1S/C13H13ClF3N3/c1-8(12-18-6-7-20(12)2)19-11-9(13(15,16)17)4-3-5-10(11)14/h3-8,19H,1-2H3. The Morgan fingerprint density at radius 3 is 2.60 bits per heavy atom. The highest BCUT2D eigenvalue weighted by molar-refractivity contribution is 6.33. The number of anilines is 1. The summed E-state index contributed by atoms with van der Waals surface area (Å²) in [7, 11) is 1.78. The number of imidazole rings is 1. The third-order valence-corrected chi connectivity index (χ3v) is 3.24. The van der Waals surface area contributed by atoms with Crippen molar-refractivity contribution in [2.24, 2.45) is 7.05 Å². The van der Waals surface area contributed by atoms with Gasteiger partial charge in [-0.2, -0.15) is 13.2 Å². The fraction of sp³-hybridized carbons (Fsp3) is 0.308. The maximum atomic E-state index is 13.0. The molecule has 2 rings (SSSR count). The number of alkyl halides is 3. The molecule has 0 aliphatic heterocycles. The average molecular weight is 304 g/mol. The molecule has 1 heterocycles. The van der Waals surface area contributed by atoms with Gasteiger partial charge in [0.05, 0.1) is 22.3 Å². The number of aromatic nitrogens is 2. The summed E-state index contributed by atoms with van der Waals surface area (Å²) in [6, 6.07) is 3.29. The molecule has 0 radical (unpaired) electrons. The summed E-state index contributed by atoms with van der Waals surface area (Å²) in [5.41, 5.74) is -0.914. The van der Waals surface area contributed by atoms with Crippen LogP contribution in [0.4, 0.5) is 18.9 Å². The molecule has 3 nitrogen and oxygen atoms in total. The topological polar surface area (TPSA) is 29.9 Å². The van der Waals surface area contributed by atoms with Gasteiger partial charge in [-0.15, -0.1) is 0 Å². The highest BCUT2D eigenvalue weighted by Gasteiger charge is 2.34. The molecule has 0 aliphatic carbocycles. The second-order valence-corrected chi connectivity index (χ2v) is 4.83. The molecule has 0 bridgehead atoms. The highest BCUT2D eigenvalue weighted by Crippen LogP contribution is 2.39. The summed E-state index contributed by atoms with van der Waals surface area (Å²) in [5, 5.41) is 2.82. The first-order chi connectivity index (χ1) is 9.30. The van der Waals surface area contributed by atoms with E-state index in [1.165, 1.54) is 12.1 Å². The molecule has 1 unspecified atom stereocenters. The molecule has 0 aliphatic rings. The zero-order valence-corrected chi connectivity index (χ0v) is 11.6. The zero-order chi connectivity index (χ0) is 14.9. The van der Waals surface area contributed by atoms with E-state index in [9.17, 15) is 13.2 Å². The lowest BCUT2D eigenvalue weighted by atomic mass is 10.1. The van der Waals surface area contributed by atoms with Gasteiger partial charge in [0, 0.05) is 19.4 Å². The van der Waals surface area contributed by atoms with E-state index in [4.69, 9.17) is 11.6 Å². The minimum absolute atomic E-state index is 0.0286. The molecule has 0 saturated heterocycles. The Labute approximate surface area is 119 Å². The summed E-state index contributed by atoms with van der Waals surface area (Å²) in [4.78, 5) is 4.11. The van der Waals surface area contributed by atoms with Crippen molar-refractivity contribution in [3.63, 3.8) is 0 Å². The number of benzene rings is 1. The Balaban J connectivity index is 2.36. The predicted molar refractivity (Wildman–Crippen MR) is 71.7 cm³/mol. The van der Waals surface area contributed by atoms with Gasteiger partial charge in [0.1, 0.15) is 5.82 Å². The Hall–Kier alpha value is -1.69. The predicted octanol–water partition coefficient (Wildman–Crippen LogP) is 4.27. The molecule has 1 atom stereocenters. The molecule has 1 N–H and O–H groups in total. The van der Waals surface area contributed by atoms with Crippen molar-refractivity contribution in [1.29, 1.82) is 0 Å². The maximum absolute atomic E-state index is 13.0. The largest absolute Gasteiger partial charge is 0.418 e. The van der Waals surface area contributed by atoms with Gasteiger partial charge in [0.15, 0.2) is 0 Å². The first-order valence-electron chi connectivity index (χ1n) is 5.90. The molecule has 0 spiro atoms. The van der Waals surface area contributed by atoms with Crippen LogP contribution in [0.3, 0.4) is 0 Å². The van der Waals surface area contributed by atoms with E-state index >= 15 is 0 Å². The molecule has 0 fully saturated rings. The smallest absolute Gasteiger partial charge is 0.374 e. The van der Waals surface area contributed by atoms with E-state index in [1.54, 1.807) is 30.9 Å². The molecular weight excluding hydrogens is 291 g/mol. The zero-order valence-electron chi connectivity index (χ0n) is 10.9. The van der Waals surface area contributed by atoms with Crippen molar-refractivity contribution in [3.05, 3.63) is 47.0 Å². The monoisotopic (exact) mass is 303 g/mol. The van der Waals surface area contributed by atoms with Gasteiger partial charge in [-0.1, -0.05) is 17.7 Å². The van der Waals surface area contributed by atoms with Crippen LogP contribution in [0.25, 0.3) is 0 Å². The van der Waals surface area contributed by atoms with Crippen LogP contribution in [-0.2, 0) is 13.2 Å². The summed E-state index contributed by atoms with van der Waals surface area (Å²) in [6.45, 7) is 1.73. The van der Waals surface area contributed by atoms with Gasteiger partial charge >= 0.3 is 6.18 Å². The Kier molecular flexibility index (Phi) is 3.94. The highest BCUT2D eigenvalue weighted by atomic mass is 35.5. The average Bonchev–Trinajstić information content (AvgIpc) is 2.76. The van der Waals surface area contributed by atoms with Gasteiger partial charge < -0.3 is 9.88 Å². The fourth-order valence-electron chi connectivity index (χ4n) is 1.98. The lowest BCUT2D eigenvalue weighted by Gasteiger charge is -2.20. The summed E-state index contributed by atoms with van der Waals surface area (Å²) in [5.74, 6) is 0.623. The minimum Gasteiger partial charge on any atom is -0.374 e. The van der Waals surface area contributed by atoms with Crippen molar-refractivity contribution in [1.82, 2.24) is 9.55 Å². The van der Waals surface area contributed by atoms with Crippen LogP contribution < -0.4 is 5.32 Å². The van der Waals surface area contributed by atoms with Crippen LogP contribution in [0.2, 0.25) is 5.02 Å². The Morgan fingerprint density at radius 1 is 1.35 bits per heavy atom. The Bertz CT molecular complexity index is 607. The van der Waals surface area contributed by atoms with Crippen molar-refractivity contribution >= 4 is 17.3 Å². The number of hydrogen-bond acceptors (Lipinski definition) is 2. The normalized spacial score (nSPS) is 13.3. The minimum atomic E-state index is -4.46. The van der Waals surface area contributed by atoms with Crippen molar-refractivity contribution in [3.8, 4) is 0 Å². The van der Waals surface area contributed by atoms with Crippen molar-refractivity contribution in [2.45, 2.75) is 19.1 Å². The van der Waals surface area contributed by atoms with Crippen LogP contribution in [0.1, 0.15) is 24.4 Å². The fourth-order valence-corrected chi connectivity index (χ4v) is 2.21. The molecule has 1 aromatic heterocycles. The molecular formula is C13H13ClF3N3. The number of rotatable bonds is 3. The molecule has 7 heteroatoms. The van der Waals surface area contributed by atoms with Gasteiger partial charge in [-0.25, -0.2) is 4.98 Å².